The summed E-state index contributed by atoms with van der Waals surface area (Å²) in [5.41, 5.74) is 3.47. The molecule has 5 rings (SSSR count). The predicted molar refractivity (Wildman–Crippen MR) is 136 cm³/mol. The molecule has 1 atom stereocenters. The van der Waals surface area contributed by atoms with Gasteiger partial charge in [0, 0.05) is 44.7 Å². The number of alkyl halides is 2. The van der Waals surface area contributed by atoms with Crippen molar-refractivity contribution in [2.45, 2.75) is 44.1 Å². The second-order valence-corrected chi connectivity index (χ2v) is 10.1. The summed E-state index contributed by atoms with van der Waals surface area (Å²) in [7, 11) is 3.70. The van der Waals surface area contributed by atoms with Crippen LogP contribution in [-0.4, -0.2) is 45.9 Å². The highest BCUT2D eigenvalue weighted by atomic mass is 35.5. The zero-order chi connectivity index (χ0) is 25.4. The van der Waals surface area contributed by atoms with E-state index in [4.69, 9.17) is 16.4 Å². The average Bonchev–Trinajstić information content (AvgIpc) is 3.50. The molecule has 0 aliphatic heterocycles. The number of nitrogens with zero attached hydrogens (tertiary/aromatic N) is 5. The third-order valence-corrected chi connectivity index (χ3v) is 7.58. The topological polar surface area (TPSA) is 72.6 Å². The Morgan fingerprint density at radius 3 is 2.67 bits per heavy atom. The number of aryl methyl sites for hydroxylation is 1. The molecule has 3 heterocycles. The minimum Gasteiger partial charge on any atom is -0.395 e. The smallest absolute Gasteiger partial charge is 0.255 e. The molecule has 0 saturated heterocycles. The number of hydrogen-bond acceptors (Lipinski definition) is 6. The van der Waals surface area contributed by atoms with Gasteiger partial charge in [-0.25, -0.2) is 13.8 Å². The molecule has 2 saturated carbocycles. The maximum atomic E-state index is 13.2. The molecule has 0 unspecified atom stereocenters. The Bertz CT molecular complexity index is 1340. The number of oxime groups is 1. The van der Waals surface area contributed by atoms with Crippen molar-refractivity contribution in [3.05, 3.63) is 63.8 Å². The minimum atomic E-state index is -2.63. The molecule has 2 aliphatic rings. The maximum absolute atomic E-state index is 13.2. The molecule has 0 N–H and O–H groups in total. The van der Waals surface area contributed by atoms with Crippen molar-refractivity contribution in [2.75, 3.05) is 18.6 Å². The Balaban J connectivity index is 1.33. The Morgan fingerprint density at radius 1 is 1.25 bits per heavy atom. The molecule has 0 amide bonds. The lowest BCUT2D eigenvalue weighted by molar-refractivity contribution is 0.0566. The number of fused-ring (bicyclic) bond motifs is 1. The van der Waals surface area contributed by atoms with Crippen molar-refractivity contribution < 1.29 is 13.6 Å². The highest BCUT2D eigenvalue weighted by molar-refractivity contribution is 6.29. The van der Waals surface area contributed by atoms with Crippen molar-refractivity contribution in [1.29, 1.82) is 0 Å². The first-order chi connectivity index (χ1) is 17.2. The van der Waals surface area contributed by atoms with Gasteiger partial charge in [0.15, 0.2) is 0 Å². The van der Waals surface area contributed by atoms with Gasteiger partial charge >= 0.3 is 0 Å². The number of rotatable bonds is 7. The molecule has 10 heteroatoms. The predicted octanol–water partition coefficient (Wildman–Crippen LogP) is 5.05. The summed E-state index contributed by atoms with van der Waals surface area (Å²) >= 11 is 6.18. The molecule has 2 aliphatic carbocycles. The molecule has 7 nitrogen and oxygen atoms in total. The minimum absolute atomic E-state index is 0.0903. The lowest BCUT2D eigenvalue weighted by atomic mass is 9.81. The summed E-state index contributed by atoms with van der Waals surface area (Å²) in [6.07, 6.45) is 4.90. The fraction of sp³-hybridized carbons (Fsp3) is 0.462. The van der Waals surface area contributed by atoms with Gasteiger partial charge in [0.25, 0.3) is 11.5 Å². The monoisotopic (exact) mass is 515 g/mol. The molecule has 3 aromatic heterocycles. The van der Waals surface area contributed by atoms with Crippen molar-refractivity contribution in [3.8, 4) is 0 Å². The molecule has 0 aromatic carbocycles. The van der Waals surface area contributed by atoms with Crippen LogP contribution >= 0.6 is 11.6 Å². The van der Waals surface area contributed by atoms with Crippen molar-refractivity contribution in [1.82, 2.24) is 14.5 Å². The van der Waals surface area contributed by atoms with Gasteiger partial charge < -0.3 is 14.3 Å². The standard InChI is InChI=1S/C26H28ClF2N5O2/c1-33(21-13-23(35)34(2)20-10-11-22(27)31-25(20)21)18-8-6-16(7-9-18)24(19-5-3-4-12-30-19)32-36-15-17-14-26(17,28)29/h3-5,10-13,16-18H,6-9,14-15H2,1-2H3/b32-24+/t16-,17-,18-/m1/s1. The molecule has 0 bridgehead atoms. The number of anilines is 1. The van der Waals surface area contributed by atoms with Gasteiger partial charge in [0.2, 0.25) is 0 Å². The van der Waals surface area contributed by atoms with Crippen molar-refractivity contribution in [2.24, 2.45) is 24.0 Å². The largest absolute Gasteiger partial charge is 0.395 e. The first-order valence-corrected chi connectivity index (χ1v) is 12.5. The van der Waals surface area contributed by atoms with Crippen LogP contribution in [0.3, 0.4) is 0 Å². The average molecular weight is 516 g/mol. The van der Waals surface area contributed by atoms with Crippen LogP contribution in [0, 0.1) is 11.8 Å². The summed E-state index contributed by atoms with van der Waals surface area (Å²) in [5, 5.41) is 4.68. The highest BCUT2D eigenvalue weighted by Crippen LogP contribution is 2.48. The van der Waals surface area contributed by atoms with Crippen LogP contribution in [0.5, 0.6) is 0 Å². The van der Waals surface area contributed by atoms with Crippen molar-refractivity contribution in [3.63, 3.8) is 0 Å². The molecule has 0 radical (unpaired) electrons. The zero-order valence-electron chi connectivity index (χ0n) is 20.2. The van der Waals surface area contributed by atoms with E-state index in [1.807, 2.05) is 31.3 Å². The summed E-state index contributed by atoms with van der Waals surface area (Å²) in [4.78, 5) is 29.1. The maximum Gasteiger partial charge on any atom is 0.255 e. The van der Waals surface area contributed by atoms with Gasteiger partial charge in [-0.2, -0.15) is 0 Å². The second-order valence-electron chi connectivity index (χ2n) is 9.69. The van der Waals surface area contributed by atoms with E-state index in [1.165, 1.54) is 0 Å². The third-order valence-electron chi connectivity index (χ3n) is 7.37. The van der Waals surface area contributed by atoms with Crippen LogP contribution in [0.2, 0.25) is 5.15 Å². The van der Waals surface area contributed by atoms with E-state index < -0.39 is 11.8 Å². The SMILES string of the molecule is Cn1c(=O)cc(N(C)[C@H]2CC[C@H](/C(=N\OC[C@H]3CC3(F)F)c3ccccn3)CC2)c2nc(Cl)ccc21. The Morgan fingerprint density at radius 2 is 2.00 bits per heavy atom. The second kappa shape index (κ2) is 9.76. The first kappa shape index (κ1) is 24.6. The number of hydrogen-bond donors (Lipinski definition) is 0. The van der Waals surface area contributed by atoms with E-state index in [1.54, 1.807) is 29.9 Å². The fourth-order valence-electron chi connectivity index (χ4n) is 4.98. The van der Waals surface area contributed by atoms with Crippen LogP contribution in [0.25, 0.3) is 11.0 Å². The Hall–Kier alpha value is -3.07. The summed E-state index contributed by atoms with van der Waals surface area (Å²) in [5.74, 6) is -3.30. The molecular formula is C26H28ClF2N5O2. The molecule has 36 heavy (non-hydrogen) atoms. The van der Waals surface area contributed by atoms with Crippen LogP contribution in [0.15, 0.2) is 52.5 Å². The number of pyridine rings is 3. The molecule has 190 valence electrons. The zero-order valence-corrected chi connectivity index (χ0v) is 21.0. The summed E-state index contributed by atoms with van der Waals surface area (Å²) < 4.78 is 28.1. The van der Waals surface area contributed by atoms with Gasteiger partial charge in [-0.15, -0.1) is 0 Å². The van der Waals surface area contributed by atoms with Gasteiger partial charge in [-0.1, -0.05) is 22.8 Å². The van der Waals surface area contributed by atoms with Gasteiger partial charge in [0.1, 0.15) is 23.0 Å². The van der Waals surface area contributed by atoms with Crippen molar-refractivity contribution >= 4 is 34.0 Å². The highest BCUT2D eigenvalue weighted by Gasteiger charge is 2.57. The molecular weight excluding hydrogens is 488 g/mol. The van der Waals surface area contributed by atoms with E-state index in [0.717, 1.165) is 36.9 Å². The molecule has 3 aromatic rings. The Labute approximate surface area is 212 Å². The van der Waals surface area contributed by atoms with E-state index in [0.29, 0.717) is 22.1 Å². The first-order valence-electron chi connectivity index (χ1n) is 12.1. The van der Waals surface area contributed by atoms with Crippen LogP contribution in [0.4, 0.5) is 14.5 Å². The lowest BCUT2D eigenvalue weighted by Crippen LogP contribution is -2.38. The van der Waals surface area contributed by atoms with Crippen LogP contribution < -0.4 is 10.5 Å². The summed E-state index contributed by atoms with van der Waals surface area (Å²) in [6.45, 7) is -0.0903. The van der Waals surface area contributed by atoms with Crippen LogP contribution in [0.1, 0.15) is 37.8 Å². The normalized spacial score (nSPS) is 23.5. The van der Waals surface area contributed by atoms with Gasteiger partial charge in [-0.3, -0.25) is 9.78 Å². The summed E-state index contributed by atoms with van der Waals surface area (Å²) in [6, 6.07) is 10.9. The van der Waals surface area contributed by atoms with E-state index >= 15 is 0 Å². The number of halogens is 3. The lowest BCUT2D eigenvalue weighted by Gasteiger charge is -2.36. The Kier molecular flexibility index (Phi) is 6.68. The molecule has 2 fully saturated rings. The van der Waals surface area contributed by atoms with E-state index in [2.05, 4.69) is 20.0 Å². The van der Waals surface area contributed by atoms with E-state index in [-0.39, 0.29) is 30.5 Å². The molecule has 0 spiro atoms. The van der Waals surface area contributed by atoms with Gasteiger partial charge in [0.05, 0.1) is 22.8 Å². The number of aromatic nitrogens is 3. The van der Waals surface area contributed by atoms with E-state index in [9.17, 15) is 13.6 Å². The van der Waals surface area contributed by atoms with Gasteiger partial charge in [-0.05, 0) is 49.9 Å². The quantitative estimate of drug-likeness (QED) is 0.250. The third kappa shape index (κ3) is 4.93. The van der Waals surface area contributed by atoms with Crippen LogP contribution in [-0.2, 0) is 11.9 Å². The fourth-order valence-corrected chi connectivity index (χ4v) is 5.13.